The maximum atomic E-state index is 11.5. The molecule has 0 bridgehead atoms. The van der Waals surface area contributed by atoms with Crippen LogP contribution in [-0.2, 0) is 16.0 Å². The van der Waals surface area contributed by atoms with E-state index in [1.54, 1.807) is 13.0 Å². The quantitative estimate of drug-likeness (QED) is 0.653. The maximum Gasteiger partial charge on any atom is 0.310 e. The number of fused-ring (bicyclic) bond motifs is 1. The van der Waals surface area contributed by atoms with Crippen molar-refractivity contribution in [2.24, 2.45) is 0 Å². The largest absolute Gasteiger partial charge is 0.466 e. The van der Waals surface area contributed by atoms with Crippen LogP contribution in [0, 0.1) is 6.92 Å². The lowest BCUT2D eigenvalue weighted by molar-refractivity contribution is -0.142. The van der Waals surface area contributed by atoms with E-state index >= 15 is 0 Å². The molecule has 4 heteroatoms. The lowest BCUT2D eigenvalue weighted by Crippen LogP contribution is -2.07. The van der Waals surface area contributed by atoms with Gasteiger partial charge in [0.05, 0.1) is 13.0 Å². The van der Waals surface area contributed by atoms with E-state index in [9.17, 15) is 4.79 Å². The van der Waals surface area contributed by atoms with Gasteiger partial charge in [0.2, 0.25) is 0 Å². The monoisotopic (exact) mass is 233 g/mol. The van der Waals surface area contributed by atoms with E-state index in [1.165, 1.54) is 0 Å². The van der Waals surface area contributed by atoms with Gasteiger partial charge in [-0.1, -0.05) is 0 Å². The molecular weight excluding hydrogens is 218 g/mol. The molecule has 2 aromatic rings. The fourth-order valence-electron chi connectivity index (χ4n) is 1.86. The summed E-state index contributed by atoms with van der Waals surface area (Å²) < 4.78 is 10.5. The number of hydrogen-bond acceptors (Lipinski definition) is 4. The number of rotatable bonds is 3. The van der Waals surface area contributed by atoms with Gasteiger partial charge in [-0.3, -0.25) is 4.79 Å². The zero-order valence-corrected chi connectivity index (χ0v) is 9.95. The lowest BCUT2D eigenvalue weighted by Gasteiger charge is -2.01. The molecule has 4 nitrogen and oxygen atoms in total. The van der Waals surface area contributed by atoms with E-state index in [-0.39, 0.29) is 12.4 Å². The molecule has 0 saturated carbocycles. The Kier molecular flexibility index (Phi) is 3.04. The van der Waals surface area contributed by atoms with Crippen LogP contribution in [0.5, 0.6) is 0 Å². The third-order valence-electron chi connectivity index (χ3n) is 2.64. The van der Waals surface area contributed by atoms with Crippen LogP contribution in [0.3, 0.4) is 0 Å². The number of anilines is 1. The highest BCUT2D eigenvalue weighted by Gasteiger charge is 2.15. The van der Waals surface area contributed by atoms with Gasteiger partial charge in [0.25, 0.3) is 0 Å². The molecule has 0 unspecified atom stereocenters. The van der Waals surface area contributed by atoms with Crippen LogP contribution in [0.25, 0.3) is 11.0 Å². The minimum Gasteiger partial charge on any atom is -0.466 e. The molecule has 90 valence electrons. The van der Waals surface area contributed by atoms with Crippen LogP contribution < -0.4 is 5.73 Å². The second-order valence-corrected chi connectivity index (χ2v) is 3.87. The van der Waals surface area contributed by atoms with E-state index in [2.05, 4.69) is 0 Å². The molecule has 1 aromatic carbocycles. The first-order valence-electron chi connectivity index (χ1n) is 5.55. The number of ether oxygens (including phenoxy) is 1. The summed E-state index contributed by atoms with van der Waals surface area (Å²) in [5.74, 6) is 0.486. The average molecular weight is 233 g/mol. The van der Waals surface area contributed by atoms with Crippen molar-refractivity contribution in [2.75, 3.05) is 12.3 Å². The number of esters is 1. The van der Waals surface area contributed by atoms with Gasteiger partial charge in [0.15, 0.2) is 0 Å². The number of nitrogens with two attached hydrogens (primary N) is 1. The second kappa shape index (κ2) is 4.49. The third-order valence-corrected chi connectivity index (χ3v) is 2.64. The molecule has 0 radical (unpaired) electrons. The zero-order valence-electron chi connectivity index (χ0n) is 9.95. The van der Waals surface area contributed by atoms with Crippen molar-refractivity contribution in [1.82, 2.24) is 0 Å². The van der Waals surface area contributed by atoms with Crippen molar-refractivity contribution < 1.29 is 13.9 Å². The molecule has 0 fully saturated rings. The number of carbonyl (C=O) groups is 1. The van der Waals surface area contributed by atoms with Crippen molar-refractivity contribution in [3.63, 3.8) is 0 Å². The van der Waals surface area contributed by atoms with Gasteiger partial charge < -0.3 is 14.9 Å². The van der Waals surface area contributed by atoms with Crippen LogP contribution in [0.1, 0.15) is 18.2 Å². The average Bonchev–Trinajstić information content (AvgIpc) is 2.56. The summed E-state index contributed by atoms with van der Waals surface area (Å²) in [7, 11) is 0. The van der Waals surface area contributed by atoms with E-state index in [0.717, 1.165) is 22.3 Å². The van der Waals surface area contributed by atoms with Crippen molar-refractivity contribution in [3.8, 4) is 0 Å². The van der Waals surface area contributed by atoms with Crippen molar-refractivity contribution in [2.45, 2.75) is 20.3 Å². The van der Waals surface area contributed by atoms with Crippen molar-refractivity contribution in [1.29, 1.82) is 0 Å². The maximum absolute atomic E-state index is 11.5. The molecule has 1 heterocycles. The molecule has 0 spiro atoms. The zero-order chi connectivity index (χ0) is 12.4. The first kappa shape index (κ1) is 11.5. The molecule has 17 heavy (non-hydrogen) atoms. The summed E-state index contributed by atoms with van der Waals surface area (Å²) in [6, 6.07) is 5.41. The van der Waals surface area contributed by atoms with Crippen molar-refractivity contribution in [3.05, 3.63) is 29.5 Å². The summed E-state index contributed by atoms with van der Waals surface area (Å²) >= 11 is 0. The molecule has 0 atom stereocenters. The molecule has 0 aliphatic heterocycles. The Morgan fingerprint density at radius 3 is 2.94 bits per heavy atom. The third kappa shape index (κ3) is 2.25. The van der Waals surface area contributed by atoms with E-state index < -0.39 is 0 Å². The molecular formula is C13H15NO3. The molecule has 0 saturated heterocycles. The predicted molar refractivity (Wildman–Crippen MR) is 65.7 cm³/mol. The van der Waals surface area contributed by atoms with E-state index in [1.807, 2.05) is 19.1 Å². The normalized spacial score (nSPS) is 10.7. The molecule has 0 aliphatic carbocycles. The minimum absolute atomic E-state index is 0.218. The number of aryl methyl sites for hydroxylation is 1. The summed E-state index contributed by atoms with van der Waals surface area (Å²) in [4.78, 5) is 11.5. The minimum atomic E-state index is -0.249. The highest BCUT2D eigenvalue weighted by Crippen LogP contribution is 2.27. The van der Waals surface area contributed by atoms with Crippen LogP contribution in [-0.4, -0.2) is 12.6 Å². The van der Waals surface area contributed by atoms with Crippen LogP contribution in [0.2, 0.25) is 0 Å². The predicted octanol–water partition coefficient (Wildman–Crippen LogP) is 2.43. The van der Waals surface area contributed by atoms with E-state index in [0.29, 0.717) is 12.3 Å². The number of hydrogen-bond donors (Lipinski definition) is 1. The highest BCUT2D eigenvalue weighted by atomic mass is 16.5. The number of nitrogen functional groups attached to an aromatic ring is 1. The van der Waals surface area contributed by atoms with Gasteiger partial charge in [-0.15, -0.1) is 0 Å². The molecule has 2 N–H and O–H groups in total. The Balaban J connectivity index is 2.41. The standard InChI is InChI=1S/C13H15NO3/c1-3-16-13(15)7-10-8(2)17-12-5-4-9(14)6-11(10)12/h4-6H,3,7,14H2,1-2H3. The Hall–Kier alpha value is -1.97. The van der Waals surface area contributed by atoms with E-state index in [4.69, 9.17) is 14.9 Å². The fourth-order valence-corrected chi connectivity index (χ4v) is 1.86. The van der Waals surface area contributed by atoms with Gasteiger partial charge >= 0.3 is 5.97 Å². The molecule has 0 amide bonds. The Morgan fingerprint density at radius 2 is 2.24 bits per heavy atom. The summed E-state index contributed by atoms with van der Waals surface area (Å²) in [6.45, 7) is 4.01. The summed E-state index contributed by atoms with van der Waals surface area (Å²) in [5, 5.41) is 0.885. The lowest BCUT2D eigenvalue weighted by atomic mass is 10.1. The van der Waals surface area contributed by atoms with Crippen LogP contribution in [0.15, 0.2) is 22.6 Å². The Labute approximate surface area is 99.3 Å². The first-order valence-corrected chi connectivity index (χ1v) is 5.55. The topological polar surface area (TPSA) is 65.5 Å². The molecule has 1 aromatic heterocycles. The SMILES string of the molecule is CCOC(=O)Cc1c(C)oc2ccc(N)cc12. The summed E-state index contributed by atoms with van der Waals surface area (Å²) in [6.07, 6.45) is 0.218. The highest BCUT2D eigenvalue weighted by molar-refractivity contribution is 5.88. The van der Waals surface area contributed by atoms with Gasteiger partial charge in [-0.05, 0) is 32.0 Å². The second-order valence-electron chi connectivity index (χ2n) is 3.87. The Bertz CT molecular complexity index is 557. The van der Waals surface area contributed by atoms with Crippen molar-refractivity contribution >= 4 is 22.6 Å². The first-order chi connectivity index (χ1) is 8.11. The van der Waals surface area contributed by atoms with Crippen LogP contribution >= 0.6 is 0 Å². The number of furan rings is 1. The summed E-state index contributed by atoms with van der Waals surface area (Å²) in [5.41, 5.74) is 7.99. The number of carbonyl (C=O) groups excluding carboxylic acids is 1. The van der Waals surface area contributed by atoms with Crippen LogP contribution in [0.4, 0.5) is 5.69 Å². The van der Waals surface area contributed by atoms with Gasteiger partial charge in [-0.25, -0.2) is 0 Å². The van der Waals surface area contributed by atoms with Gasteiger partial charge in [-0.2, -0.15) is 0 Å². The Morgan fingerprint density at radius 1 is 1.47 bits per heavy atom. The smallest absolute Gasteiger partial charge is 0.310 e. The molecule has 2 rings (SSSR count). The molecule has 0 aliphatic rings. The van der Waals surface area contributed by atoms with Gasteiger partial charge in [0, 0.05) is 16.6 Å². The fraction of sp³-hybridized carbons (Fsp3) is 0.308. The number of benzene rings is 1. The van der Waals surface area contributed by atoms with Gasteiger partial charge in [0.1, 0.15) is 11.3 Å².